The van der Waals surface area contributed by atoms with E-state index < -0.39 is 35.2 Å². The van der Waals surface area contributed by atoms with Crippen molar-refractivity contribution in [2.75, 3.05) is 12.0 Å². The molecule has 1 aliphatic rings. The van der Waals surface area contributed by atoms with Crippen molar-refractivity contribution in [2.45, 2.75) is 50.5 Å². The van der Waals surface area contributed by atoms with Crippen molar-refractivity contribution in [3.63, 3.8) is 0 Å². The average molecular weight is 380 g/mol. The Morgan fingerprint density at radius 2 is 1.81 bits per heavy atom. The summed E-state index contributed by atoms with van der Waals surface area (Å²) in [5, 5.41) is 0.160. The molecular weight excluding hydrogens is 355 g/mol. The maximum atomic E-state index is 13.0. The molecule has 7 heteroatoms. The van der Waals surface area contributed by atoms with Gasteiger partial charge in [-0.2, -0.15) is 0 Å². The van der Waals surface area contributed by atoms with Crippen molar-refractivity contribution in [1.29, 1.82) is 0 Å². The summed E-state index contributed by atoms with van der Waals surface area (Å²) in [6.07, 6.45) is 5.08. The second kappa shape index (κ2) is 6.07. The van der Waals surface area contributed by atoms with Crippen molar-refractivity contribution in [3.8, 4) is 0 Å². The minimum atomic E-state index is -4.13. The van der Waals surface area contributed by atoms with Gasteiger partial charge in [0.1, 0.15) is 0 Å². The Bertz CT molecular complexity index is 594. The summed E-state index contributed by atoms with van der Waals surface area (Å²) in [5.41, 5.74) is -1.21. The van der Waals surface area contributed by atoms with Crippen molar-refractivity contribution >= 4 is 24.0 Å². The Balaban J connectivity index is 3.19. The van der Waals surface area contributed by atoms with Gasteiger partial charge in [-0.05, 0) is 0 Å². The minimum absolute atomic E-state index is 0.160. The van der Waals surface area contributed by atoms with Crippen LogP contribution in [0.2, 0.25) is 5.21 Å². The Morgan fingerprint density at radius 1 is 1.29 bits per heavy atom. The van der Waals surface area contributed by atoms with Gasteiger partial charge in [0.2, 0.25) is 0 Å². The molecule has 0 N–H and O–H groups in total. The molecule has 1 heterocycles. The molecule has 1 aliphatic heterocycles. The summed E-state index contributed by atoms with van der Waals surface area (Å²) in [6, 6.07) is 0. The predicted octanol–water partition coefficient (Wildman–Crippen LogP) is 2.51. The molecule has 0 spiro atoms. The fraction of sp³-hybridized carbons (Fsp3) is 0.714. The Kier molecular flexibility index (Phi) is 5.42. The van der Waals surface area contributed by atoms with Gasteiger partial charge in [-0.1, -0.05) is 0 Å². The third-order valence-corrected chi connectivity index (χ3v) is 9.53. The van der Waals surface area contributed by atoms with Crippen LogP contribution in [0.15, 0.2) is 24.3 Å². The van der Waals surface area contributed by atoms with E-state index in [1.807, 2.05) is 13.8 Å². The molecule has 5 nitrogen and oxygen atoms in total. The summed E-state index contributed by atoms with van der Waals surface area (Å²) < 4.78 is 47.9. The van der Waals surface area contributed by atoms with Gasteiger partial charge in [0.15, 0.2) is 0 Å². The predicted molar refractivity (Wildman–Crippen MR) is 84.2 cm³/mol. The second-order valence-electron chi connectivity index (χ2n) is 5.90. The summed E-state index contributed by atoms with van der Waals surface area (Å²) >= 11 is -4.13. The summed E-state index contributed by atoms with van der Waals surface area (Å²) in [4.78, 5) is 0. The van der Waals surface area contributed by atoms with E-state index in [4.69, 9.17) is 7.45 Å². The number of hydrogen-bond acceptors (Lipinski definition) is 5. The van der Waals surface area contributed by atoms with E-state index in [9.17, 15) is 12.2 Å². The summed E-state index contributed by atoms with van der Waals surface area (Å²) in [7, 11) is -3.29. The van der Waals surface area contributed by atoms with Crippen LogP contribution >= 0.6 is 0 Å². The molecule has 0 aromatic rings. The second-order valence-corrected chi connectivity index (χ2v) is 12.0. The Morgan fingerprint density at radius 3 is 2.19 bits per heavy atom. The molecule has 1 rings (SSSR count). The number of sulfone groups is 1. The van der Waals surface area contributed by atoms with Crippen LogP contribution in [0.3, 0.4) is 0 Å². The average Bonchev–Trinajstić information content (AvgIpc) is 2.51. The molecule has 0 aromatic heterocycles. The molecule has 0 saturated carbocycles. The molecule has 0 amide bonds. The van der Waals surface area contributed by atoms with Gasteiger partial charge in [-0.3, -0.25) is 0 Å². The third kappa shape index (κ3) is 4.12. The van der Waals surface area contributed by atoms with Gasteiger partial charge >= 0.3 is 130 Å². The summed E-state index contributed by atoms with van der Waals surface area (Å²) in [6.45, 7) is 10.8. The fourth-order valence-electron chi connectivity index (χ4n) is 2.51. The molecule has 122 valence electrons. The SMILES string of the molecule is C=C/C(=C\C)C[As]1(=O)OC(C)(CC)C(C)(CS(C)(=O)=O)O1. The monoisotopic (exact) mass is 380 g/mol. The topological polar surface area (TPSA) is 69.7 Å². The van der Waals surface area contributed by atoms with Crippen LogP contribution in [0.25, 0.3) is 0 Å². The zero-order chi connectivity index (χ0) is 16.5. The van der Waals surface area contributed by atoms with Crippen molar-refractivity contribution in [3.05, 3.63) is 24.3 Å². The first-order valence-corrected chi connectivity index (χ1v) is 12.6. The zero-order valence-electron chi connectivity index (χ0n) is 13.4. The fourth-order valence-corrected chi connectivity index (χ4v) is 9.79. The molecule has 0 radical (unpaired) electrons. The van der Waals surface area contributed by atoms with Crippen molar-refractivity contribution in [1.82, 2.24) is 0 Å². The molecule has 3 unspecified atom stereocenters. The number of rotatable bonds is 6. The molecule has 0 bridgehead atoms. The van der Waals surface area contributed by atoms with E-state index in [1.165, 1.54) is 0 Å². The van der Waals surface area contributed by atoms with E-state index in [0.717, 1.165) is 11.8 Å². The molecular formula is C14H25AsO5S. The van der Waals surface area contributed by atoms with Crippen LogP contribution in [0.5, 0.6) is 0 Å². The van der Waals surface area contributed by atoms with E-state index in [-0.39, 0.29) is 11.0 Å². The molecule has 3 atom stereocenters. The first-order valence-electron chi connectivity index (χ1n) is 6.88. The van der Waals surface area contributed by atoms with Crippen LogP contribution in [0.1, 0.15) is 34.1 Å². The van der Waals surface area contributed by atoms with Crippen molar-refractivity contribution in [2.24, 2.45) is 0 Å². The first-order chi connectivity index (χ1) is 9.42. The van der Waals surface area contributed by atoms with E-state index in [2.05, 4.69) is 6.58 Å². The number of allylic oxidation sites excluding steroid dienone is 3. The Labute approximate surface area is 130 Å². The standard InChI is InChI=1S/C14H25AsO5S/c1-7-12(8-2)10-15(16)19-13(4,9-3)14(5,20-15)11-21(6,17)18/h7-8H,1,9-11H2,2-6H3/b12-8+. The van der Waals surface area contributed by atoms with Crippen LogP contribution in [-0.2, 0) is 21.0 Å². The maximum absolute atomic E-state index is 13.0. The van der Waals surface area contributed by atoms with Crippen LogP contribution in [0.4, 0.5) is 0 Å². The van der Waals surface area contributed by atoms with Gasteiger partial charge in [-0.15, -0.1) is 0 Å². The summed E-state index contributed by atoms with van der Waals surface area (Å²) in [5.74, 6) is -0.213. The van der Waals surface area contributed by atoms with E-state index in [1.54, 1.807) is 26.0 Å². The van der Waals surface area contributed by atoms with Gasteiger partial charge in [0.05, 0.1) is 0 Å². The third-order valence-electron chi connectivity index (χ3n) is 4.02. The van der Waals surface area contributed by atoms with E-state index >= 15 is 0 Å². The molecule has 21 heavy (non-hydrogen) atoms. The molecule has 1 saturated heterocycles. The quantitative estimate of drug-likeness (QED) is 0.523. The Hall–Kier alpha value is -0.292. The van der Waals surface area contributed by atoms with Crippen LogP contribution in [0, 0.1) is 0 Å². The van der Waals surface area contributed by atoms with Gasteiger partial charge in [0, 0.05) is 0 Å². The molecule has 1 fully saturated rings. The molecule has 0 aromatic carbocycles. The normalized spacial score (nSPS) is 37.7. The van der Waals surface area contributed by atoms with Crippen LogP contribution in [-0.4, -0.2) is 45.8 Å². The van der Waals surface area contributed by atoms with Crippen molar-refractivity contribution < 1.29 is 19.6 Å². The van der Waals surface area contributed by atoms with Crippen LogP contribution < -0.4 is 0 Å². The van der Waals surface area contributed by atoms with E-state index in [0.29, 0.717) is 6.42 Å². The first kappa shape index (κ1) is 18.8. The molecule has 0 aliphatic carbocycles. The van der Waals surface area contributed by atoms with Gasteiger partial charge in [0.25, 0.3) is 0 Å². The van der Waals surface area contributed by atoms with Gasteiger partial charge in [-0.25, -0.2) is 0 Å². The zero-order valence-corrected chi connectivity index (χ0v) is 16.1. The van der Waals surface area contributed by atoms with Gasteiger partial charge < -0.3 is 0 Å². The number of hydrogen-bond donors (Lipinski definition) is 0.